The first kappa shape index (κ1) is 20.0. The van der Waals surface area contributed by atoms with Crippen molar-refractivity contribution < 1.29 is 19.1 Å². The molecule has 0 aliphatic carbocycles. The van der Waals surface area contributed by atoms with E-state index in [1.165, 1.54) is 0 Å². The zero-order valence-electron chi connectivity index (χ0n) is 13.9. The average Bonchev–Trinajstić information content (AvgIpc) is 2.25. The van der Waals surface area contributed by atoms with E-state index < -0.39 is 23.3 Å². The maximum absolute atomic E-state index is 12.1. The minimum absolute atomic E-state index is 0.336. The third-order valence-electron chi connectivity index (χ3n) is 2.70. The third kappa shape index (κ3) is 8.12. The van der Waals surface area contributed by atoms with Crippen molar-refractivity contribution in [1.82, 2.24) is 10.2 Å². The molecule has 0 spiro atoms. The van der Waals surface area contributed by atoms with Gasteiger partial charge < -0.3 is 14.8 Å². The van der Waals surface area contributed by atoms with E-state index in [4.69, 9.17) is 21.1 Å². The topological polar surface area (TPSA) is 67.9 Å². The Bertz CT molecular complexity index is 355. The molecule has 0 heterocycles. The molecule has 6 nitrogen and oxygen atoms in total. The minimum atomic E-state index is -0.712. The number of halogens is 1. The Morgan fingerprint density at radius 3 is 2.14 bits per heavy atom. The second kappa shape index (κ2) is 8.44. The van der Waals surface area contributed by atoms with Gasteiger partial charge in [0, 0.05) is 0 Å². The maximum atomic E-state index is 12.1. The Morgan fingerprint density at radius 2 is 1.76 bits per heavy atom. The van der Waals surface area contributed by atoms with Crippen molar-refractivity contribution >= 4 is 23.7 Å². The van der Waals surface area contributed by atoms with E-state index in [1.54, 1.807) is 25.7 Å². The Hall–Kier alpha value is -1.01. The number of carbonyl (C=O) groups excluding carboxylic acids is 2. The highest BCUT2D eigenvalue weighted by Gasteiger charge is 2.29. The standard InChI is InChI=1S/C14H27ClN2O4/c1-8-17(9(2)12(18)21-14(5,6)7)11(4)16-13(19)20-10(3)15/h9-11H,8H2,1-7H3,(H,16,19). The molecule has 0 aliphatic heterocycles. The lowest BCUT2D eigenvalue weighted by Gasteiger charge is -2.33. The SMILES string of the molecule is CCN(C(C)NC(=O)OC(C)Cl)C(C)C(=O)OC(C)(C)C. The van der Waals surface area contributed by atoms with Crippen LogP contribution in [0.2, 0.25) is 0 Å². The molecule has 0 saturated carbocycles. The molecule has 0 bridgehead atoms. The van der Waals surface area contributed by atoms with Crippen molar-refractivity contribution in [3.63, 3.8) is 0 Å². The molecule has 1 amide bonds. The number of ether oxygens (including phenoxy) is 2. The molecule has 0 radical (unpaired) electrons. The van der Waals surface area contributed by atoms with Crippen molar-refractivity contribution in [1.29, 1.82) is 0 Å². The second-order valence-corrected chi connectivity index (χ2v) is 6.42. The van der Waals surface area contributed by atoms with Crippen molar-refractivity contribution in [2.45, 2.75) is 71.8 Å². The fourth-order valence-corrected chi connectivity index (χ4v) is 1.92. The van der Waals surface area contributed by atoms with Crippen LogP contribution in [-0.4, -0.2) is 46.9 Å². The largest absolute Gasteiger partial charge is 0.459 e. The molecule has 3 unspecified atom stereocenters. The van der Waals surface area contributed by atoms with E-state index in [-0.39, 0.29) is 12.1 Å². The van der Waals surface area contributed by atoms with Gasteiger partial charge in [-0.15, -0.1) is 0 Å². The summed E-state index contributed by atoms with van der Waals surface area (Å²) in [5.74, 6) is -0.336. The van der Waals surface area contributed by atoms with Crippen LogP contribution >= 0.6 is 11.6 Å². The van der Waals surface area contributed by atoms with Gasteiger partial charge >= 0.3 is 12.1 Å². The summed E-state index contributed by atoms with van der Waals surface area (Å²) >= 11 is 5.58. The van der Waals surface area contributed by atoms with E-state index >= 15 is 0 Å². The van der Waals surface area contributed by atoms with Crippen LogP contribution in [0.1, 0.15) is 48.5 Å². The summed E-state index contributed by atoms with van der Waals surface area (Å²) < 4.78 is 10.2. The summed E-state index contributed by atoms with van der Waals surface area (Å²) in [7, 11) is 0. The van der Waals surface area contributed by atoms with E-state index in [1.807, 2.05) is 27.7 Å². The molecule has 124 valence electrons. The van der Waals surface area contributed by atoms with E-state index in [0.717, 1.165) is 0 Å². The van der Waals surface area contributed by atoms with Crippen LogP contribution in [-0.2, 0) is 14.3 Å². The number of hydrogen-bond acceptors (Lipinski definition) is 5. The van der Waals surface area contributed by atoms with Gasteiger partial charge in [-0.2, -0.15) is 0 Å². The number of alkyl carbamates (subject to hydrolysis) is 1. The smallest absolute Gasteiger partial charge is 0.409 e. The van der Waals surface area contributed by atoms with Crippen molar-refractivity contribution in [2.75, 3.05) is 6.54 Å². The average molecular weight is 323 g/mol. The summed E-state index contributed by atoms with van der Waals surface area (Å²) in [6.07, 6.45) is -1.01. The predicted molar refractivity (Wildman–Crippen MR) is 82.1 cm³/mol. The molecular weight excluding hydrogens is 296 g/mol. The van der Waals surface area contributed by atoms with Gasteiger partial charge in [0.15, 0.2) is 5.56 Å². The maximum Gasteiger partial charge on any atom is 0.409 e. The Balaban J connectivity index is 4.67. The number of alkyl halides is 1. The van der Waals surface area contributed by atoms with Crippen LogP contribution in [0.4, 0.5) is 4.79 Å². The summed E-state index contributed by atoms with van der Waals surface area (Å²) in [5.41, 5.74) is -1.26. The van der Waals surface area contributed by atoms with Gasteiger partial charge in [0.25, 0.3) is 0 Å². The number of esters is 1. The summed E-state index contributed by atoms with van der Waals surface area (Å²) in [5, 5.41) is 2.63. The summed E-state index contributed by atoms with van der Waals surface area (Å²) in [4.78, 5) is 25.4. The highest BCUT2D eigenvalue weighted by molar-refractivity contribution is 6.19. The van der Waals surface area contributed by atoms with E-state index in [0.29, 0.717) is 6.54 Å². The highest BCUT2D eigenvalue weighted by Crippen LogP contribution is 2.12. The quantitative estimate of drug-likeness (QED) is 0.462. The number of carbonyl (C=O) groups is 2. The molecule has 0 rings (SSSR count). The summed E-state index contributed by atoms with van der Waals surface area (Å²) in [6, 6.07) is -0.488. The lowest BCUT2D eigenvalue weighted by atomic mass is 10.2. The predicted octanol–water partition coefficient (Wildman–Crippen LogP) is 2.70. The molecule has 0 saturated heterocycles. The summed E-state index contributed by atoms with van der Waals surface area (Å²) in [6.45, 7) is 13.0. The van der Waals surface area contributed by atoms with Gasteiger partial charge in [-0.3, -0.25) is 9.69 Å². The number of amides is 1. The molecule has 0 aliphatic rings. The van der Waals surface area contributed by atoms with Gasteiger partial charge in [-0.05, 0) is 48.1 Å². The van der Waals surface area contributed by atoms with Crippen LogP contribution in [0.3, 0.4) is 0 Å². The lowest BCUT2D eigenvalue weighted by Crippen LogP contribution is -2.53. The molecule has 3 atom stereocenters. The number of hydrogen-bond donors (Lipinski definition) is 1. The molecule has 0 aromatic rings. The fourth-order valence-electron chi connectivity index (χ4n) is 1.84. The highest BCUT2D eigenvalue weighted by atomic mass is 35.5. The fraction of sp³-hybridized carbons (Fsp3) is 0.857. The Kier molecular flexibility index (Phi) is 8.03. The zero-order valence-corrected chi connectivity index (χ0v) is 14.7. The van der Waals surface area contributed by atoms with Crippen molar-refractivity contribution in [3.8, 4) is 0 Å². The van der Waals surface area contributed by atoms with Crippen LogP contribution in [0.25, 0.3) is 0 Å². The molecule has 7 heteroatoms. The van der Waals surface area contributed by atoms with Gasteiger partial charge in [-0.25, -0.2) is 4.79 Å². The van der Waals surface area contributed by atoms with Crippen LogP contribution in [0.15, 0.2) is 0 Å². The van der Waals surface area contributed by atoms with E-state index in [2.05, 4.69) is 5.32 Å². The first-order valence-electron chi connectivity index (χ1n) is 7.07. The van der Waals surface area contributed by atoms with Gasteiger partial charge in [-0.1, -0.05) is 18.5 Å². The Labute approximate surface area is 132 Å². The Morgan fingerprint density at radius 1 is 1.24 bits per heavy atom. The number of nitrogens with zero attached hydrogens (tertiary/aromatic N) is 1. The van der Waals surface area contributed by atoms with Crippen LogP contribution < -0.4 is 5.32 Å². The molecule has 21 heavy (non-hydrogen) atoms. The van der Waals surface area contributed by atoms with Gasteiger partial charge in [0.05, 0.1) is 6.17 Å². The molecule has 0 aromatic carbocycles. The first-order valence-corrected chi connectivity index (χ1v) is 7.51. The van der Waals surface area contributed by atoms with Crippen molar-refractivity contribution in [2.24, 2.45) is 0 Å². The second-order valence-electron chi connectivity index (χ2n) is 5.81. The minimum Gasteiger partial charge on any atom is -0.459 e. The van der Waals surface area contributed by atoms with Crippen LogP contribution in [0, 0.1) is 0 Å². The number of nitrogens with one attached hydrogen (secondary N) is 1. The first-order chi connectivity index (χ1) is 9.47. The normalized spacial score (nSPS) is 16.0. The van der Waals surface area contributed by atoms with Gasteiger partial charge in [0.2, 0.25) is 0 Å². The molecule has 0 aromatic heterocycles. The molecular formula is C14H27ClN2O4. The molecule has 1 N–H and O–H groups in total. The zero-order chi connectivity index (χ0) is 16.8. The third-order valence-corrected chi connectivity index (χ3v) is 2.79. The molecule has 0 fully saturated rings. The number of likely N-dealkylation sites (N-methyl/N-ethyl adjacent to an activating group) is 1. The van der Waals surface area contributed by atoms with Crippen LogP contribution in [0.5, 0.6) is 0 Å². The lowest BCUT2D eigenvalue weighted by molar-refractivity contribution is -0.161. The van der Waals surface area contributed by atoms with Gasteiger partial charge in [0.1, 0.15) is 11.6 Å². The van der Waals surface area contributed by atoms with E-state index in [9.17, 15) is 9.59 Å². The number of rotatable bonds is 6. The van der Waals surface area contributed by atoms with Crippen molar-refractivity contribution in [3.05, 3.63) is 0 Å². The monoisotopic (exact) mass is 322 g/mol.